The molecular formula is C17H27N2O+. The molecule has 0 atom stereocenters. The van der Waals surface area contributed by atoms with E-state index in [-0.39, 0.29) is 5.91 Å². The van der Waals surface area contributed by atoms with Gasteiger partial charge >= 0.3 is 0 Å². The second kappa shape index (κ2) is 6.40. The molecule has 1 saturated heterocycles. The molecule has 1 fully saturated rings. The van der Waals surface area contributed by atoms with E-state index in [9.17, 15) is 4.79 Å². The van der Waals surface area contributed by atoms with E-state index in [2.05, 4.69) is 12.2 Å². The maximum atomic E-state index is 12.4. The first-order valence-corrected chi connectivity index (χ1v) is 7.77. The first kappa shape index (κ1) is 15.0. The van der Waals surface area contributed by atoms with Crippen LogP contribution in [0.1, 0.15) is 37.3 Å². The fourth-order valence-corrected chi connectivity index (χ4v) is 3.26. The number of quaternary nitrogens is 1. The number of para-hydroxylation sites is 1. The van der Waals surface area contributed by atoms with E-state index < -0.39 is 0 Å². The molecule has 1 N–H and O–H groups in total. The number of aryl methyl sites for hydroxylation is 2. The number of carbonyl (C=O) groups is 1. The number of nitrogens with one attached hydrogen (secondary N) is 1. The van der Waals surface area contributed by atoms with Crippen molar-refractivity contribution in [2.24, 2.45) is 0 Å². The number of hydrogen-bond donors (Lipinski definition) is 1. The van der Waals surface area contributed by atoms with Crippen LogP contribution in [0.3, 0.4) is 0 Å². The first-order valence-electron chi connectivity index (χ1n) is 7.77. The maximum absolute atomic E-state index is 12.4. The lowest BCUT2D eigenvalue weighted by molar-refractivity contribution is -0.923. The van der Waals surface area contributed by atoms with Gasteiger partial charge in [0.2, 0.25) is 0 Å². The highest BCUT2D eigenvalue weighted by atomic mass is 16.2. The summed E-state index contributed by atoms with van der Waals surface area (Å²) in [6.45, 7) is 10.3. The number of anilines is 1. The number of rotatable bonds is 4. The van der Waals surface area contributed by atoms with E-state index in [1.165, 1.54) is 19.3 Å². The molecule has 0 bridgehead atoms. The number of benzene rings is 1. The molecule has 1 aromatic carbocycles. The molecule has 0 aliphatic carbocycles. The summed E-state index contributed by atoms with van der Waals surface area (Å²) in [7, 11) is 0. The van der Waals surface area contributed by atoms with Crippen LogP contribution in [0.2, 0.25) is 0 Å². The molecule has 0 saturated carbocycles. The Balaban J connectivity index is 2.05. The van der Waals surface area contributed by atoms with Crippen molar-refractivity contribution >= 4 is 11.6 Å². The van der Waals surface area contributed by atoms with E-state index in [0.29, 0.717) is 6.54 Å². The lowest BCUT2D eigenvalue weighted by Gasteiger charge is -2.40. The van der Waals surface area contributed by atoms with Gasteiger partial charge in [-0.2, -0.15) is 0 Å². The molecule has 3 heteroatoms. The van der Waals surface area contributed by atoms with Gasteiger partial charge in [0.25, 0.3) is 5.91 Å². The van der Waals surface area contributed by atoms with Crippen LogP contribution in [0.5, 0.6) is 0 Å². The lowest BCUT2D eigenvalue weighted by Crippen LogP contribution is -2.55. The molecule has 1 aromatic rings. The smallest absolute Gasteiger partial charge is 0.279 e. The minimum absolute atomic E-state index is 0.158. The highest BCUT2D eigenvalue weighted by Crippen LogP contribution is 2.21. The van der Waals surface area contributed by atoms with Gasteiger partial charge in [-0.3, -0.25) is 4.79 Å². The van der Waals surface area contributed by atoms with Crippen LogP contribution in [0.4, 0.5) is 5.69 Å². The second-order valence-electron chi connectivity index (χ2n) is 6.14. The Morgan fingerprint density at radius 3 is 2.30 bits per heavy atom. The summed E-state index contributed by atoms with van der Waals surface area (Å²) in [4.78, 5) is 12.4. The summed E-state index contributed by atoms with van der Waals surface area (Å²) in [5.41, 5.74) is 3.27. The minimum atomic E-state index is 0.158. The number of carbonyl (C=O) groups excluding carboxylic acids is 1. The summed E-state index contributed by atoms with van der Waals surface area (Å²) in [5, 5.41) is 3.13. The van der Waals surface area contributed by atoms with Gasteiger partial charge in [0.05, 0.1) is 19.6 Å². The van der Waals surface area contributed by atoms with Crippen molar-refractivity contribution < 1.29 is 9.28 Å². The Hall–Kier alpha value is -1.35. The zero-order chi connectivity index (χ0) is 14.6. The first-order chi connectivity index (χ1) is 9.56. The van der Waals surface area contributed by atoms with Crippen LogP contribution in [0.15, 0.2) is 18.2 Å². The van der Waals surface area contributed by atoms with Crippen molar-refractivity contribution in [2.45, 2.75) is 40.0 Å². The third-order valence-electron chi connectivity index (χ3n) is 4.66. The predicted molar refractivity (Wildman–Crippen MR) is 83.8 cm³/mol. The van der Waals surface area contributed by atoms with Gasteiger partial charge < -0.3 is 9.80 Å². The molecule has 2 rings (SSSR count). The molecule has 0 radical (unpaired) electrons. The number of piperidine rings is 1. The van der Waals surface area contributed by atoms with E-state index in [1.54, 1.807) is 0 Å². The topological polar surface area (TPSA) is 29.1 Å². The van der Waals surface area contributed by atoms with Crippen LogP contribution in [-0.4, -0.2) is 36.6 Å². The number of nitrogens with zero attached hydrogens (tertiary/aromatic N) is 1. The van der Waals surface area contributed by atoms with Crippen molar-refractivity contribution in [1.29, 1.82) is 0 Å². The summed E-state index contributed by atoms with van der Waals surface area (Å²) < 4.78 is 0.955. The molecule has 1 aliphatic heterocycles. The summed E-state index contributed by atoms with van der Waals surface area (Å²) in [5.74, 6) is 0.158. The van der Waals surface area contributed by atoms with Crippen LogP contribution in [-0.2, 0) is 4.79 Å². The van der Waals surface area contributed by atoms with E-state index >= 15 is 0 Å². The van der Waals surface area contributed by atoms with Gasteiger partial charge in [0.1, 0.15) is 0 Å². The predicted octanol–water partition coefficient (Wildman–Crippen LogP) is 3.26. The van der Waals surface area contributed by atoms with E-state index in [1.807, 2.05) is 32.0 Å². The Kier molecular flexibility index (Phi) is 4.81. The lowest BCUT2D eigenvalue weighted by atomic mass is 10.1. The summed E-state index contributed by atoms with van der Waals surface area (Å²) >= 11 is 0. The molecule has 0 unspecified atom stereocenters. The molecule has 20 heavy (non-hydrogen) atoms. The van der Waals surface area contributed by atoms with Gasteiger partial charge in [-0.1, -0.05) is 18.2 Å². The number of amides is 1. The maximum Gasteiger partial charge on any atom is 0.279 e. The van der Waals surface area contributed by atoms with Crippen LogP contribution < -0.4 is 5.32 Å². The van der Waals surface area contributed by atoms with Crippen molar-refractivity contribution in [1.82, 2.24) is 0 Å². The summed E-state index contributed by atoms with van der Waals surface area (Å²) in [6.07, 6.45) is 3.83. The Morgan fingerprint density at radius 1 is 1.15 bits per heavy atom. The zero-order valence-corrected chi connectivity index (χ0v) is 13.0. The Morgan fingerprint density at radius 2 is 1.75 bits per heavy atom. The fraction of sp³-hybridized carbons (Fsp3) is 0.588. The van der Waals surface area contributed by atoms with Crippen molar-refractivity contribution in [3.8, 4) is 0 Å². The van der Waals surface area contributed by atoms with Crippen molar-refractivity contribution in [2.75, 3.05) is 31.5 Å². The number of likely N-dealkylation sites (tertiary alicyclic amines) is 1. The molecule has 1 aliphatic rings. The van der Waals surface area contributed by atoms with E-state index in [0.717, 1.165) is 40.9 Å². The summed E-state index contributed by atoms with van der Waals surface area (Å²) in [6, 6.07) is 6.13. The molecule has 0 spiro atoms. The average Bonchev–Trinajstić information content (AvgIpc) is 2.44. The third kappa shape index (κ3) is 3.40. The average molecular weight is 275 g/mol. The number of hydrogen-bond acceptors (Lipinski definition) is 1. The highest BCUT2D eigenvalue weighted by Gasteiger charge is 2.30. The highest BCUT2D eigenvalue weighted by molar-refractivity contribution is 5.93. The monoisotopic (exact) mass is 275 g/mol. The van der Waals surface area contributed by atoms with E-state index in [4.69, 9.17) is 0 Å². The standard InChI is InChI=1S/C17H26N2O/c1-4-19(11-6-5-7-12-19)13-16(20)18-17-14(2)9-8-10-15(17)3/h8-10H,4-7,11-13H2,1-3H3/p+1. The fourth-order valence-electron chi connectivity index (χ4n) is 3.26. The number of likely N-dealkylation sites (N-methyl/N-ethyl adjacent to an activating group) is 1. The van der Waals surface area contributed by atoms with Gasteiger partial charge in [-0.25, -0.2) is 0 Å². The molecule has 3 nitrogen and oxygen atoms in total. The van der Waals surface area contributed by atoms with Crippen molar-refractivity contribution in [3.05, 3.63) is 29.3 Å². The Bertz CT molecular complexity index is 456. The zero-order valence-electron chi connectivity index (χ0n) is 13.0. The van der Waals surface area contributed by atoms with Gasteiger partial charge in [0, 0.05) is 5.69 Å². The molecule has 1 heterocycles. The van der Waals surface area contributed by atoms with Gasteiger partial charge in [-0.15, -0.1) is 0 Å². The van der Waals surface area contributed by atoms with Crippen LogP contribution in [0, 0.1) is 13.8 Å². The Labute approximate surface area is 122 Å². The van der Waals surface area contributed by atoms with Crippen LogP contribution >= 0.6 is 0 Å². The largest absolute Gasteiger partial charge is 0.321 e. The van der Waals surface area contributed by atoms with Gasteiger partial charge in [-0.05, 0) is 51.2 Å². The quantitative estimate of drug-likeness (QED) is 0.840. The van der Waals surface area contributed by atoms with Crippen molar-refractivity contribution in [3.63, 3.8) is 0 Å². The molecule has 110 valence electrons. The molecule has 0 aromatic heterocycles. The van der Waals surface area contributed by atoms with Crippen LogP contribution in [0.25, 0.3) is 0 Å². The molecular weight excluding hydrogens is 248 g/mol. The SMILES string of the molecule is CC[N+]1(CC(=O)Nc2c(C)cccc2C)CCCCC1. The minimum Gasteiger partial charge on any atom is -0.321 e. The molecule has 1 amide bonds. The second-order valence-corrected chi connectivity index (χ2v) is 6.14. The third-order valence-corrected chi connectivity index (χ3v) is 4.66. The van der Waals surface area contributed by atoms with Gasteiger partial charge in [0.15, 0.2) is 6.54 Å². The normalized spacial score (nSPS) is 17.8.